The molecule has 0 fully saturated rings. The van der Waals surface area contributed by atoms with Crippen molar-refractivity contribution in [2.24, 2.45) is 11.7 Å². The highest BCUT2D eigenvalue weighted by atomic mass is 16.6. The van der Waals surface area contributed by atoms with Crippen molar-refractivity contribution in [2.45, 2.75) is 38.8 Å². The van der Waals surface area contributed by atoms with E-state index in [1.54, 1.807) is 0 Å². The normalized spacial score (nSPS) is 21.9. The third-order valence-electron chi connectivity index (χ3n) is 3.38. The first-order chi connectivity index (χ1) is 8.20. The molecule has 0 bridgehead atoms. The molecule has 0 aromatic heterocycles. The Labute approximate surface area is 103 Å². The first-order valence-corrected chi connectivity index (χ1v) is 6.34. The number of ether oxygens (including phenoxy) is 2. The number of hydrogen-bond acceptors (Lipinski definition) is 3. The summed E-state index contributed by atoms with van der Waals surface area (Å²) in [7, 11) is 0. The molecule has 94 valence electrons. The summed E-state index contributed by atoms with van der Waals surface area (Å²) in [6.45, 7) is 4.96. The first kappa shape index (κ1) is 12.2. The second-order valence-electron chi connectivity index (χ2n) is 4.83. The summed E-state index contributed by atoms with van der Waals surface area (Å²) >= 11 is 0. The standard InChI is InChI=1S/C14H21NO2/c1-3-10(2)8-11(15)14-9-16-12-6-4-5-7-13(12)17-14/h4-7,10-11,14H,3,8-9,15H2,1-2H3. The van der Waals surface area contributed by atoms with E-state index in [2.05, 4.69) is 13.8 Å². The Kier molecular flexibility index (Phi) is 3.89. The molecule has 1 aromatic rings. The molecule has 1 heterocycles. The van der Waals surface area contributed by atoms with Crippen molar-refractivity contribution < 1.29 is 9.47 Å². The Morgan fingerprint density at radius 3 is 2.76 bits per heavy atom. The number of para-hydroxylation sites is 2. The van der Waals surface area contributed by atoms with Gasteiger partial charge in [-0.05, 0) is 24.5 Å². The van der Waals surface area contributed by atoms with E-state index >= 15 is 0 Å². The zero-order valence-corrected chi connectivity index (χ0v) is 10.6. The van der Waals surface area contributed by atoms with E-state index in [0.29, 0.717) is 12.5 Å². The van der Waals surface area contributed by atoms with Gasteiger partial charge in [0, 0.05) is 6.04 Å². The molecular formula is C14H21NO2. The first-order valence-electron chi connectivity index (χ1n) is 6.34. The number of rotatable bonds is 4. The molecule has 0 saturated heterocycles. The van der Waals surface area contributed by atoms with E-state index in [0.717, 1.165) is 24.3 Å². The van der Waals surface area contributed by atoms with Crippen LogP contribution in [0.3, 0.4) is 0 Å². The predicted molar refractivity (Wildman–Crippen MR) is 68.4 cm³/mol. The summed E-state index contributed by atoms with van der Waals surface area (Å²) in [6.07, 6.45) is 2.10. The van der Waals surface area contributed by atoms with Gasteiger partial charge in [-0.25, -0.2) is 0 Å². The highest BCUT2D eigenvalue weighted by Crippen LogP contribution is 2.32. The smallest absolute Gasteiger partial charge is 0.161 e. The monoisotopic (exact) mass is 235 g/mol. The second-order valence-corrected chi connectivity index (χ2v) is 4.83. The topological polar surface area (TPSA) is 44.5 Å². The molecule has 3 heteroatoms. The molecule has 2 rings (SSSR count). The third kappa shape index (κ3) is 2.91. The van der Waals surface area contributed by atoms with Gasteiger partial charge in [-0.3, -0.25) is 0 Å². The van der Waals surface area contributed by atoms with Crippen molar-refractivity contribution in [1.29, 1.82) is 0 Å². The lowest BCUT2D eigenvalue weighted by molar-refractivity contribution is 0.0662. The fourth-order valence-electron chi connectivity index (χ4n) is 2.03. The van der Waals surface area contributed by atoms with Gasteiger partial charge in [0.2, 0.25) is 0 Å². The highest BCUT2D eigenvalue weighted by molar-refractivity contribution is 5.40. The van der Waals surface area contributed by atoms with Crippen molar-refractivity contribution in [2.75, 3.05) is 6.61 Å². The van der Waals surface area contributed by atoms with Gasteiger partial charge in [-0.2, -0.15) is 0 Å². The SMILES string of the molecule is CCC(C)CC(N)C1COc2ccccc2O1. The van der Waals surface area contributed by atoms with E-state index in [1.165, 1.54) is 0 Å². The second kappa shape index (κ2) is 5.41. The fraction of sp³-hybridized carbons (Fsp3) is 0.571. The highest BCUT2D eigenvalue weighted by Gasteiger charge is 2.27. The van der Waals surface area contributed by atoms with Gasteiger partial charge >= 0.3 is 0 Å². The van der Waals surface area contributed by atoms with Crippen molar-refractivity contribution >= 4 is 0 Å². The lowest BCUT2D eigenvalue weighted by atomic mass is 9.96. The number of nitrogens with two attached hydrogens (primary N) is 1. The quantitative estimate of drug-likeness (QED) is 0.872. The number of fused-ring (bicyclic) bond motifs is 1. The number of hydrogen-bond donors (Lipinski definition) is 1. The molecule has 3 unspecified atom stereocenters. The Bertz CT molecular complexity index is 367. The maximum absolute atomic E-state index is 6.18. The molecular weight excluding hydrogens is 214 g/mol. The van der Waals surface area contributed by atoms with Crippen LogP contribution < -0.4 is 15.2 Å². The Hall–Kier alpha value is -1.22. The van der Waals surface area contributed by atoms with Gasteiger partial charge in [-0.1, -0.05) is 32.4 Å². The summed E-state index contributed by atoms with van der Waals surface area (Å²) in [5.41, 5.74) is 6.18. The van der Waals surface area contributed by atoms with Crippen LogP contribution in [-0.4, -0.2) is 18.8 Å². The molecule has 0 radical (unpaired) electrons. The van der Waals surface area contributed by atoms with Gasteiger partial charge < -0.3 is 15.2 Å². The van der Waals surface area contributed by atoms with Crippen molar-refractivity contribution in [3.63, 3.8) is 0 Å². The molecule has 0 saturated carbocycles. The van der Waals surface area contributed by atoms with Crippen LogP contribution >= 0.6 is 0 Å². The lowest BCUT2D eigenvalue weighted by Crippen LogP contribution is -2.45. The Morgan fingerprint density at radius 2 is 2.06 bits per heavy atom. The molecule has 3 atom stereocenters. The van der Waals surface area contributed by atoms with E-state index in [1.807, 2.05) is 24.3 Å². The minimum Gasteiger partial charge on any atom is -0.486 e. The average molecular weight is 235 g/mol. The fourth-order valence-corrected chi connectivity index (χ4v) is 2.03. The van der Waals surface area contributed by atoms with E-state index in [9.17, 15) is 0 Å². The van der Waals surface area contributed by atoms with E-state index < -0.39 is 0 Å². The average Bonchev–Trinajstić information content (AvgIpc) is 2.38. The molecule has 1 aliphatic heterocycles. The van der Waals surface area contributed by atoms with Crippen LogP contribution in [-0.2, 0) is 0 Å². The van der Waals surface area contributed by atoms with Gasteiger partial charge in [0.1, 0.15) is 12.7 Å². The Balaban J connectivity index is 1.97. The van der Waals surface area contributed by atoms with Crippen LogP contribution in [0.4, 0.5) is 0 Å². The van der Waals surface area contributed by atoms with Crippen LogP contribution in [0.15, 0.2) is 24.3 Å². The van der Waals surface area contributed by atoms with Crippen molar-refractivity contribution in [3.8, 4) is 11.5 Å². The minimum atomic E-state index is -0.0288. The molecule has 0 spiro atoms. The minimum absolute atomic E-state index is 0.0288. The van der Waals surface area contributed by atoms with Crippen molar-refractivity contribution in [1.82, 2.24) is 0 Å². The summed E-state index contributed by atoms with van der Waals surface area (Å²) in [4.78, 5) is 0. The van der Waals surface area contributed by atoms with Gasteiger partial charge in [0.15, 0.2) is 11.5 Å². The molecule has 1 aromatic carbocycles. The zero-order valence-electron chi connectivity index (χ0n) is 10.6. The molecule has 0 amide bonds. The largest absolute Gasteiger partial charge is 0.486 e. The molecule has 0 aliphatic carbocycles. The predicted octanol–water partition coefficient (Wildman–Crippen LogP) is 2.59. The summed E-state index contributed by atoms with van der Waals surface area (Å²) in [5.74, 6) is 2.26. The molecule has 17 heavy (non-hydrogen) atoms. The van der Waals surface area contributed by atoms with Crippen LogP contribution in [0.2, 0.25) is 0 Å². The van der Waals surface area contributed by atoms with Gasteiger partial charge in [0.25, 0.3) is 0 Å². The van der Waals surface area contributed by atoms with E-state index in [-0.39, 0.29) is 12.1 Å². The van der Waals surface area contributed by atoms with Crippen LogP contribution in [0.5, 0.6) is 11.5 Å². The summed E-state index contributed by atoms with van der Waals surface area (Å²) in [5, 5.41) is 0. The van der Waals surface area contributed by atoms with Gasteiger partial charge in [0.05, 0.1) is 0 Å². The summed E-state index contributed by atoms with van der Waals surface area (Å²) in [6, 6.07) is 7.79. The molecule has 1 aliphatic rings. The number of benzene rings is 1. The van der Waals surface area contributed by atoms with Gasteiger partial charge in [-0.15, -0.1) is 0 Å². The van der Waals surface area contributed by atoms with Crippen molar-refractivity contribution in [3.05, 3.63) is 24.3 Å². The molecule has 2 N–H and O–H groups in total. The molecule has 3 nitrogen and oxygen atoms in total. The maximum atomic E-state index is 6.18. The third-order valence-corrected chi connectivity index (χ3v) is 3.38. The summed E-state index contributed by atoms with van der Waals surface area (Å²) < 4.78 is 11.6. The van der Waals surface area contributed by atoms with Crippen LogP contribution in [0, 0.1) is 5.92 Å². The maximum Gasteiger partial charge on any atom is 0.161 e. The Morgan fingerprint density at radius 1 is 1.35 bits per heavy atom. The van der Waals surface area contributed by atoms with Crippen LogP contribution in [0.1, 0.15) is 26.7 Å². The van der Waals surface area contributed by atoms with E-state index in [4.69, 9.17) is 15.2 Å². The van der Waals surface area contributed by atoms with Crippen LogP contribution in [0.25, 0.3) is 0 Å². The zero-order chi connectivity index (χ0) is 12.3. The lowest BCUT2D eigenvalue weighted by Gasteiger charge is -2.31.